The summed E-state index contributed by atoms with van der Waals surface area (Å²) in [5.41, 5.74) is 0.889. The topological polar surface area (TPSA) is 98.9 Å². The fraction of sp³-hybridized carbons (Fsp3) is 0.571. The molecule has 1 aliphatic rings. The molecular formula is C14H18N4O2. The van der Waals surface area contributed by atoms with Gasteiger partial charge in [0.1, 0.15) is 17.8 Å². The third-order valence-electron chi connectivity index (χ3n) is 3.64. The van der Waals surface area contributed by atoms with Gasteiger partial charge in [0.05, 0.1) is 0 Å². The molecule has 1 heterocycles. The Bertz CT molecular complexity index is 532. The molecular weight excluding hydrogens is 256 g/mol. The van der Waals surface area contributed by atoms with Gasteiger partial charge in [0, 0.05) is 5.69 Å². The second-order valence-corrected chi connectivity index (χ2v) is 5.19. The van der Waals surface area contributed by atoms with Gasteiger partial charge in [-0.05, 0) is 31.7 Å². The SMILES string of the molecule is Cc1cc(C#N)nc(NC(C(=O)O)C2CCCCC2)n1. The number of carbonyl (C=O) groups is 1. The van der Waals surface area contributed by atoms with Gasteiger partial charge in [-0.15, -0.1) is 0 Å². The fourth-order valence-corrected chi connectivity index (χ4v) is 2.68. The molecule has 6 heteroatoms. The van der Waals surface area contributed by atoms with Gasteiger partial charge in [-0.2, -0.15) is 5.26 Å². The van der Waals surface area contributed by atoms with Crippen molar-refractivity contribution in [1.29, 1.82) is 5.26 Å². The first kappa shape index (κ1) is 14.3. The molecule has 1 fully saturated rings. The molecule has 106 valence electrons. The number of nitriles is 1. The summed E-state index contributed by atoms with van der Waals surface area (Å²) in [5.74, 6) is -0.573. The van der Waals surface area contributed by atoms with Gasteiger partial charge in [0.15, 0.2) is 0 Å². The van der Waals surface area contributed by atoms with Gasteiger partial charge in [-0.3, -0.25) is 0 Å². The van der Waals surface area contributed by atoms with E-state index in [0.29, 0.717) is 5.69 Å². The summed E-state index contributed by atoms with van der Waals surface area (Å²) in [7, 11) is 0. The minimum Gasteiger partial charge on any atom is -0.480 e. The van der Waals surface area contributed by atoms with Crippen molar-refractivity contribution in [1.82, 2.24) is 9.97 Å². The Labute approximate surface area is 117 Å². The molecule has 6 nitrogen and oxygen atoms in total. The molecule has 1 aliphatic carbocycles. The monoisotopic (exact) mass is 274 g/mol. The van der Waals surface area contributed by atoms with Gasteiger partial charge in [-0.25, -0.2) is 14.8 Å². The number of aromatic nitrogens is 2. The normalized spacial score (nSPS) is 17.2. The Morgan fingerprint density at radius 2 is 2.15 bits per heavy atom. The second-order valence-electron chi connectivity index (χ2n) is 5.19. The molecule has 1 saturated carbocycles. The molecule has 2 rings (SSSR count). The molecule has 0 amide bonds. The summed E-state index contributed by atoms with van der Waals surface area (Å²) in [6.07, 6.45) is 5.10. The van der Waals surface area contributed by atoms with E-state index < -0.39 is 12.0 Å². The predicted octanol–water partition coefficient (Wildman–Crippen LogP) is 2.10. The molecule has 0 aliphatic heterocycles. The molecule has 20 heavy (non-hydrogen) atoms. The lowest BCUT2D eigenvalue weighted by molar-refractivity contribution is -0.139. The summed E-state index contributed by atoms with van der Waals surface area (Å²) in [4.78, 5) is 19.6. The van der Waals surface area contributed by atoms with Crippen LogP contribution in [0.15, 0.2) is 6.07 Å². The maximum atomic E-state index is 11.5. The van der Waals surface area contributed by atoms with E-state index in [1.807, 2.05) is 6.07 Å². The van der Waals surface area contributed by atoms with E-state index in [-0.39, 0.29) is 17.6 Å². The first-order chi connectivity index (χ1) is 9.60. The van der Waals surface area contributed by atoms with E-state index in [4.69, 9.17) is 5.26 Å². The number of hydrogen-bond acceptors (Lipinski definition) is 5. The largest absolute Gasteiger partial charge is 0.480 e. The lowest BCUT2D eigenvalue weighted by Gasteiger charge is -2.28. The van der Waals surface area contributed by atoms with E-state index >= 15 is 0 Å². The van der Waals surface area contributed by atoms with Crippen molar-refractivity contribution >= 4 is 11.9 Å². The number of aryl methyl sites for hydroxylation is 1. The Hall–Kier alpha value is -2.16. The maximum Gasteiger partial charge on any atom is 0.326 e. The van der Waals surface area contributed by atoms with Crippen LogP contribution in [0.4, 0.5) is 5.95 Å². The minimum absolute atomic E-state index is 0.0934. The zero-order chi connectivity index (χ0) is 14.5. The lowest BCUT2D eigenvalue weighted by Crippen LogP contribution is -2.38. The van der Waals surface area contributed by atoms with Crippen LogP contribution in [0.3, 0.4) is 0 Å². The van der Waals surface area contributed by atoms with Crippen molar-refractivity contribution in [3.05, 3.63) is 17.5 Å². The summed E-state index contributed by atoms with van der Waals surface area (Å²) in [5, 5.41) is 21.2. The maximum absolute atomic E-state index is 11.5. The molecule has 0 aromatic carbocycles. The van der Waals surface area contributed by atoms with E-state index in [1.165, 1.54) is 6.42 Å². The third kappa shape index (κ3) is 3.44. The van der Waals surface area contributed by atoms with Gasteiger partial charge in [0.25, 0.3) is 0 Å². The zero-order valence-corrected chi connectivity index (χ0v) is 11.5. The average Bonchev–Trinajstić information content (AvgIpc) is 2.44. The second kappa shape index (κ2) is 6.33. The van der Waals surface area contributed by atoms with Gasteiger partial charge < -0.3 is 10.4 Å². The zero-order valence-electron chi connectivity index (χ0n) is 11.5. The predicted molar refractivity (Wildman–Crippen MR) is 73.1 cm³/mol. The number of nitrogens with one attached hydrogen (secondary N) is 1. The van der Waals surface area contributed by atoms with Crippen LogP contribution in [0.5, 0.6) is 0 Å². The molecule has 0 radical (unpaired) electrons. The van der Waals surface area contributed by atoms with E-state index in [0.717, 1.165) is 25.7 Å². The highest BCUT2D eigenvalue weighted by atomic mass is 16.4. The molecule has 1 unspecified atom stereocenters. The summed E-state index contributed by atoms with van der Waals surface area (Å²) < 4.78 is 0. The molecule has 0 bridgehead atoms. The van der Waals surface area contributed by atoms with Crippen LogP contribution in [0, 0.1) is 24.2 Å². The van der Waals surface area contributed by atoms with Gasteiger partial charge in [-0.1, -0.05) is 19.3 Å². The Kier molecular flexibility index (Phi) is 4.51. The highest BCUT2D eigenvalue weighted by molar-refractivity contribution is 5.77. The Morgan fingerprint density at radius 1 is 1.45 bits per heavy atom. The number of nitrogens with zero attached hydrogens (tertiary/aromatic N) is 3. The molecule has 1 aromatic rings. The van der Waals surface area contributed by atoms with E-state index in [1.54, 1.807) is 13.0 Å². The van der Waals surface area contributed by atoms with Crippen LogP contribution in [-0.2, 0) is 4.79 Å². The quantitative estimate of drug-likeness (QED) is 0.872. The first-order valence-corrected chi connectivity index (χ1v) is 6.85. The first-order valence-electron chi connectivity index (χ1n) is 6.85. The lowest BCUT2D eigenvalue weighted by atomic mass is 9.84. The van der Waals surface area contributed by atoms with Crippen molar-refractivity contribution in [2.45, 2.75) is 45.1 Å². The third-order valence-corrected chi connectivity index (χ3v) is 3.64. The van der Waals surface area contributed by atoms with Crippen LogP contribution < -0.4 is 5.32 Å². The Balaban J connectivity index is 2.17. The number of hydrogen-bond donors (Lipinski definition) is 2. The van der Waals surface area contributed by atoms with Crippen LogP contribution in [0.1, 0.15) is 43.5 Å². The van der Waals surface area contributed by atoms with Crippen LogP contribution >= 0.6 is 0 Å². The van der Waals surface area contributed by atoms with Crippen molar-refractivity contribution in [2.24, 2.45) is 5.92 Å². The summed E-state index contributed by atoms with van der Waals surface area (Å²) in [6.45, 7) is 1.75. The summed E-state index contributed by atoms with van der Waals surface area (Å²) in [6, 6.07) is 2.83. The highest BCUT2D eigenvalue weighted by Crippen LogP contribution is 2.28. The Morgan fingerprint density at radius 3 is 2.75 bits per heavy atom. The standard InChI is InChI=1S/C14H18N4O2/c1-9-7-11(8-15)17-14(16-9)18-12(13(19)20)10-5-3-2-4-6-10/h7,10,12H,2-6H2,1H3,(H,19,20)(H,16,17,18). The summed E-state index contributed by atoms with van der Waals surface area (Å²) >= 11 is 0. The smallest absolute Gasteiger partial charge is 0.326 e. The average molecular weight is 274 g/mol. The van der Waals surface area contributed by atoms with Crippen molar-refractivity contribution in [2.75, 3.05) is 5.32 Å². The van der Waals surface area contributed by atoms with Crippen molar-refractivity contribution in [3.8, 4) is 6.07 Å². The molecule has 1 atom stereocenters. The number of anilines is 1. The molecule has 0 saturated heterocycles. The van der Waals surface area contributed by atoms with Crippen molar-refractivity contribution in [3.63, 3.8) is 0 Å². The number of carboxylic acid groups (broad SMARTS) is 1. The fourth-order valence-electron chi connectivity index (χ4n) is 2.68. The number of rotatable bonds is 4. The van der Waals surface area contributed by atoms with E-state index in [2.05, 4.69) is 15.3 Å². The van der Waals surface area contributed by atoms with Gasteiger partial charge in [0.2, 0.25) is 5.95 Å². The van der Waals surface area contributed by atoms with Crippen LogP contribution in [-0.4, -0.2) is 27.1 Å². The van der Waals surface area contributed by atoms with E-state index in [9.17, 15) is 9.90 Å². The minimum atomic E-state index is -0.888. The number of aliphatic carboxylic acids is 1. The van der Waals surface area contributed by atoms with Gasteiger partial charge >= 0.3 is 5.97 Å². The highest BCUT2D eigenvalue weighted by Gasteiger charge is 2.30. The number of carboxylic acids is 1. The molecule has 0 spiro atoms. The molecule has 1 aromatic heterocycles. The van der Waals surface area contributed by atoms with Crippen LogP contribution in [0.25, 0.3) is 0 Å². The molecule has 2 N–H and O–H groups in total. The van der Waals surface area contributed by atoms with Crippen molar-refractivity contribution < 1.29 is 9.90 Å². The van der Waals surface area contributed by atoms with Crippen LogP contribution in [0.2, 0.25) is 0 Å².